The van der Waals surface area contributed by atoms with Gasteiger partial charge in [-0.3, -0.25) is 4.98 Å². The molecule has 0 saturated heterocycles. The highest BCUT2D eigenvalue weighted by Gasteiger charge is 2.06. The number of hydrogen-bond donors (Lipinski definition) is 0. The molecule has 1 aromatic rings. The standard InChI is InChI=1S/C7H8BrIN2S/c1-5-6(8)3-10-4-7(5)11(2)12-9/h3-4H,1-2H3. The van der Waals surface area contributed by atoms with Gasteiger partial charge in [0.05, 0.1) is 11.9 Å². The first kappa shape index (κ1) is 10.6. The molecule has 0 saturated carbocycles. The largest absolute Gasteiger partial charge is 0.309 e. The van der Waals surface area contributed by atoms with E-state index < -0.39 is 0 Å². The van der Waals surface area contributed by atoms with E-state index >= 15 is 0 Å². The first-order valence-corrected chi connectivity index (χ1v) is 7.40. The van der Waals surface area contributed by atoms with E-state index in [1.54, 1.807) is 9.12 Å². The maximum absolute atomic E-state index is 4.11. The molecule has 1 rings (SSSR count). The molecule has 0 aliphatic heterocycles. The molecule has 12 heavy (non-hydrogen) atoms. The monoisotopic (exact) mass is 358 g/mol. The Labute approximate surface area is 97.0 Å². The van der Waals surface area contributed by atoms with Crippen LogP contribution in [0.2, 0.25) is 0 Å². The Bertz CT molecular complexity index is 282. The molecule has 1 heterocycles. The topological polar surface area (TPSA) is 16.1 Å². The van der Waals surface area contributed by atoms with Gasteiger partial charge in [-0.2, -0.15) is 0 Å². The van der Waals surface area contributed by atoms with E-state index in [0.29, 0.717) is 0 Å². The van der Waals surface area contributed by atoms with Gasteiger partial charge in [0.2, 0.25) is 0 Å². The number of nitrogens with zero attached hydrogens (tertiary/aromatic N) is 2. The summed E-state index contributed by atoms with van der Waals surface area (Å²) in [4.78, 5) is 4.11. The zero-order chi connectivity index (χ0) is 9.14. The average Bonchev–Trinajstić information content (AvgIpc) is 2.08. The zero-order valence-electron chi connectivity index (χ0n) is 6.71. The number of anilines is 1. The van der Waals surface area contributed by atoms with Crippen molar-refractivity contribution in [1.82, 2.24) is 4.98 Å². The van der Waals surface area contributed by atoms with Gasteiger partial charge < -0.3 is 4.31 Å². The number of pyridine rings is 1. The third-order valence-corrected chi connectivity index (χ3v) is 4.55. The van der Waals surface area contributed by atoms with Crippen molar-refractivity contribution < 1.29 is 0 Å². The molecule has 0 atom stereocenters. The summed E-state index contributed by atoms with van der Waals surface area (Å²) in [5, 5.41) is 0. The Kier molecular flexibility index (Phi) is 4.12. The Hall–Kier alpha value is 0.510. The molecule has 0 N–H and O–H groups in total. The fourth-order valence-corrected chi connectivity index (χ4v) is 2.06. The summed E-state index contributed by atoms with van der Waals surface area (Å²) in [7, 11) is 3.66. The maximum atomic E-state index is 4.11. The van der Waals surface area contributed by atoms with Crippen molar-refractivity contribution in [1.29, 1.82) is 0 Å². The van der Waals surface area contributed by atoms with Crippen LogP contribution in [-0.4, -0.2) is 12.0 Å². The average molecular weight is 359 g/mol. The number of hydrogen-bond acceptors (Lipinski definition) is 3. The van der Waals surface area contributed by atoms with E-state index in [9.17, 15) is 0 Å². The third kappa shape index (κ3) is 2.26. The Morgan fingerprint density at radius 3 is 2.83 bits per heavy atom. The second-order valence-corrected chi connectivity index (χ2v) is 5.05. The molecule has 0 radical (unpaired) electrons. The molecule has 0 spiro atoms. The molecule has 2 nitrogen and oxygen atoms in total. The Balaban J connectivity index is 3.07. The second-order valence-electron chi connectivity index (χ2n) is 2.33. The SMILES string of the molecule is Cc1c(Br)cncc1N(C)SI. The van der Waals surface area contributed by atoms with Crippen molar-refractivity contribution in [3.05, 3.63) is 22.4 Å². The fraction of sp³-hybridized carbons (Fsp3) is 0.286. The third-order valence-electron chi connectivity index (χ3n) is 1.57. The summed E-state index contributed by atoms with van der Waals surface area (Å²) in [6.07, 6.45) is 3.68. The van der Waals surface area contributed by atoms with Gasteiger partial charge in [0.1, 0.15) is 0 Å². The second kappa shape index (κ2) is 4.66. The molecular formula is C7H8BrIN2S. The van der Waals surface area contributed by atoms with E-state index in [1.807, 2.05) is 19.4 Å². The van der Waals surface area contributed by atoms with Crippen LogP contribution in [0, 0.1) is 6.92 Å². The molecule has 0 aliphatic rings. The van der Waals surface area contributed by atoms with Crippen LogP contribution in [-0.2, 0) is 0 Å². The van der Waals surface area contributed by atoms with Crippen molar-refractivity contribution in [2.75, 3.05) is 11.4 Å². The van der Waals surface area contributed by atoms with Crippen LogP contribution in [0.25, 0.3) is 0 Å². The maximum Gasteiger partial charge on any atom is 0.0697 e. The minimum Gasteiger partial charge on any atom is -0.309 e. The van der Waals surface area contributed by atoms with Gasteiger partial charge in [0.25, 0.3) is 0 Å². The van der Waals surface area contributed by atoms with Crippen LogP contribution < -0.4 is 4.31 Å². The van der Waals surface area contributed by atoms with Gasteiger partial charge in [-0.15, -0.1) is 0 Å². The molecular weight excluding hydrogens is 351 g/mol. The van der Waals surface area contributed by atoms with Crippen molar-refractivity contribution in [2.24, 2.45) is 0 Å². The lowest BCUT2D eigenvalue weighted by Gasteiger charge is -2.16. The summed E-state index contributed by atoms with van der Waals surface area (Å²) in [6, 6.07) is 0. The molecule has 5 heteroatoms. The molecule has 0 amide bonds. The lowest BCUT2D eigenvalue weighted by Crippen LogP contribution is -2.05. The van der Waals surface area contributed by atoms with Crippen molar-refractivity contribution in [3.63, 3.8) is 0 Å². The highest BCUT2D eigenvalue weighted by atomic mass is 127. The molecule has 0 bridgehead atoms. The minimum atomic E-state index is 1.05. The first-order valence-electron chi connectivity index (χ1n) is 3.29. The minimum absolute atomic E-state index is 1.05. The van der Waals surface area contributed by atoms with Gasteiger partial charge in [-0.25, -0.2) is 0 Å². The lowest BCUT2D eigenvalue weighted by atomic mass is 10.2. The summed E-state index contributed by atoms with van der Waals surface area (Å²) >= 11 is 5.69. The van der Waals surface area contributed by atoms with E-state index in [2.05, 4.69) is 53.3 Å². The van der Waals surface area contributed by atoms with Crippen LogP contribution >= 0.6 is 46.3 Å². The van der Waals surface area contributed by atoms with E-state index in [-0.39, 0.29) is 0 Å². The first-order chi connectivity index (χ1) is 5.66. The van der Waals surface area contributed by atoms with E-state index in [1.165, 1.54) is 5.56 Å². The van der Waals surface area contributed by atoms with Gasteiger partial charge in [0.15, 0.2) is 0 Å². The smallest absolute Gasteiger partial charge is 0.0697 e. The van der Waals surface area contributed by atoms with Crippen LogP contribution in [0.15, 0.2) is 16.9 Å². The molecule has 1 aromatic heterocycles. The summed E-state index contributed by atoms with van der Waals surface area (Å²) in [5.41, 5.74) is 2.36. The van der Waals surface area contributed by atoms with Crippen LogP contribution in [0.5, 0.6) is 0 Å². The summed E-state index contributed by atoms with van der Waals surface area (Å²) in [6.45, 7) is 2.07. The molecule has 0 aliphatic carbocycles. The van der Waals surface area contributed by atoms with E-state index in [0.717, 1.165) is 10.2 Å². The van der Waals surface area contributed by atoms with Gasteiger partial charge in [-0.05, 0) is 28.4 Å². The predicted octanol–water partition coefficient (Wildman–Crippen LogP) is 3.59. The molecule has 66 valence electrons. The Morgan fingerprint density at radius 1 is 1.58 bits per heavy atom. The highest BCUT2D eigenvalue weighted by molar-refractivity contribution is 14.2. The quantitative estimate of drug-likeness (QED) is 0.593. The Morgan fingerprint density at radius 2 is 2.25 bits per heavy atom. The van der Waals surface area contributed by atoms with Crippen LogP contribution in [0.3, 0.4) is 0 Å². The number of halogens is 2. The predicted molar refractivity (Wildman–Crippen MR) is 66.7 cm³/mol. The molecule has 0 unspecified atom stereocenters. The van der Waals surface area contributed by atoms with Crippen molar-refractivity contribution >= 4 is 51.9 Å². The van der Waals surface area contributed by atoms with Crippen molar-refractivity contribution in [2.45, 2.75) is 6.92 Å². The molecule has 0 aromatic carbocycles. The summed E-state index contributed by atoms with van der Waals surface area (Å²) < 4.78 is 3.13. The van der Waals surface area contributed by atoms with Gasteiger partial charge in [-0.1, -0.05) is 0 Å². The lowest BCUT2D eigenvalue weighted by molar-refractivity contribution is 1.21. The van der Waals surface area contributed by atoms with Gasteiger partial charge >= 0.3 is 0 Å². The van der Waals surface area contributed by atoms with Crippen LogP contribution in [0.4, 0.5) is 5.69 Å². The van der Waals surface area contributed by atoms with Gasteiger partial charge in [0, 0.05) is 48.0 Å². The number of rotatable bonds is 2. The number of aromatic nitrogens is 1. The molecule has 0 fully saturated rings. The van der Waals surface area contributed by atoms with E-state index in [4.69, 9.17) is 0 Å². The van der Waals surface area contributed by atoms with Crippen LogP contribution in [0.1, 0.15) is 5.56 Å². The zero-order valence-corrected chi connectivity index (χ0v) is 11.3. The summed E-state index contributed by atoms with van der Waals surface area (Å²) in [5.74, 6) is 0. The normalized spacial score (nSPS) is 10.0. The fourth-order valence-electron chi connectivity index (χ4n) is 0.844. The highest BCUT2D eigenvalue weighted by Crippen LogP contribution is 2.30. The van der Waals surface area contributed by atoms with Crippen molar-refractivity contribution in [3.8, 4) is 0 Å².